The van der Waals surface area contributed by atoms with Gasteiger partial charge in [0.05, 0.1) is 23.7 Å². The van der Waals surface area contributed by atoms with Gasteiger partial charge in [0.15, 0.2) is 5.81 Å². The topological polar surface area (TPSA) is 61.4 Å². The molecule has 1 rings (SSSR count). The van der Waals surface area contributed by atoms with Crippen LogP contribution in [0.5, 0.6) is 0 Å². The Balaban J connectivity index is 2.46. The van der Waals surface area contributed by atoms with Gasteiger partial charge in [0.2, 0.25) is 7.85 Å². The Kier molecular flexibility index (Phi) is 3.05. The maximum Gasteiger partial charge on any atom is 0.200 e. The van der Waals surface area contributed by atoms with Crippen LogP contribution < -0.4 is 10.6 Å². The lowest BCUT2D eigenvalue weighted by Crippen LogP contribution is -2.38. The highest BCUT2D eigenvalue weighted by molar-refractivity contribution is 7.80. The summed E-state index contributed by atoms with van der Waals surface area (Å²) < 4.78 is 0. The first kappa shape index (κ1) is 9.47. The summed E-state index contributed by atoms with van der Waals surface area (Å²) in [5.41, 5.74) is 0. The van der Waals surface area contributed by atoms with E-state index in [0.717, 1.165) is 0 Å². The third kappa shape index (κ3) is 2.18. The van der Waals surface area contributed by atoms with Crippen LogP contribution in [0, 0.1) is 0 Å². The van der Waals surface area contributed by atoms with E-state index in [0.29, 0.717) is 11.4 Å². The molecule has 64 valence electrons. The highest BCUT2D eigenvalue weighted by Crippen LogP contribution is 2.08. The number of carbonyl (C=O) groups excluding carboxylic acids is 1. The fourth-order valence-corrected chi connectivity index (χ4v) is 1.49. The van der Waals surface area contributed by atoms with Gasteiger partial charge >= 0.3 is 0 Å². The average molecular weight is 184 g/mol. The molecule has 0 bridgehead atoms. The summed E-state index contributed by atoms with van der Waals surface area (Å²) in [6, 6.07) is -0.288. The third-order valence-electron chi connectivity index (χ3n) is 1.72. The van der Waals surface area contributed by atoms with E-state index in [1.54, 1.807) is 0 Å². The van der Waals surface area contributed by atoms with Crippen molar-refractivity contribution in [3.63, 3.8) is 0 Å². The summed E-state index contributed by atoms with van der Waals surface area (Å²) in [6.45, 7) is 0.0110. The molecule has 1 aliphatic heterocycles. The van der Waals surface area contributed by atoms with Crippen molar-refractivity contribution in [3.8, 4) is 0 Å². The van der Waals surface area contributed by atoms with E-state index < -0.39 is 5.81 Å². The van der Waals surface area contributed by atoms with Crippen LogP contribution in [0.4, 0.5) is 4.79 Å². The highest BCUT2D eigenvalue weighted by Gasteiger charge is 2.28. The summed E-state index contributed by atoms with van der Waals surface area (Å²) in [7, 11) is 4.92. The van der Waals surface area contributed by atoms with Crippen LogP contribution in [0.1, 0.15) is 6.42 Å². The zero-order valence-corrected chi connectivity index (χ0v) is 7.23. The summed E-state index contributed by atoms with van der Waals surface area (Å²) >= 11 is 4.91. The third-order valence-corrected chi connectivity index (χ3v) is 2.12. The van der Waals surface area contributed by atoms with Crippen molar-refractivity contribution >= 4 is 30.9 Å². The molecule has 12 heavy (non-hydrogen) atoms. The van der Waals surface area contributed by atoms with Crippen molar-refractivity contribution < 1.29 is 9.90 Å². The lowest BCUT2D eigenvalue weighted by molar-refractivity contribution is 0.249. The molecule has 2 atom stereocenters. The van der Waals surface area contributed by atoms with E-state index in [1.165, 1.54) is 0 Å². The lowest BCUT2D eigenvalue weighted by atomic mass is 10.1. The molecule has 0 unspecified atom stereocenters. The molecule has 0 aliphatic carbocycles. The molecule has 6 heteroatoms. The molecule has 0 aromatic rings. The second kappa shape index (κ2) is 3.86. The molecule has 0 saturated carbocycles. The number of aliphatic hydroxyl groups is 1. The fourth-order valence-electron chi connectivity index (χ4n) is 1.17. The SMILES string of the molecule is [B]C(=O)N[C@@H]1C[C@@H](CO)NC1=S. The largest absolute Gasteiger partial charge is 0.394 e. The Morgan fingerprint density at radius 2 is 2.58 bits per heavy atom. The summed E-state index contributed by atoms with van der Waals surface area (Å²) in [5, 5.41) is 14.1. The van der Waals surface area contributed by atoms with Gasteiger partial charge in [-0.1, -0.05) is 12.2 Å². The van der Waals surface area contributed by atoms with Gasteiger partial charge in [-0.25, -0.2) is 0 Å². The lowest BCUT2D eigenvalue weighted by Gasteiger charge is -2.08. The second-order valence-electron chi connectivity index (χ2n) is 2.68. The van der Waals surface area contributed by atoms with E-state index in [9.17, 15) is 4.79 Å². The van der Waals surface area contributed by atoms with E-state index in [4.69, 9.17) is 25.2 Å². The van der Waals surface area contributed by atoms with Crippen molar-refractivity contribution in [1.29, 1.82) is 0 Å². The summed E-state index contributed by atoms with van der Waals surface area (Å²) in [4.78, 5) is 11.0. The minimum atomic E-state index is -0.595. The first-order valence-corrected chi connectivity index (χ1v) is 4.01. The van der Waals surface area contributed by atoms with Gasteiger partial charge in [-0.15, -0.1) is 0 Å². The van der Waals surface area contributed by atoms with Crippen molar-refractivity contribution in [3.05, 3.63) is 0 Å². The molecule has 1 amide bonds. The van der Waals surface area contributed by atoms with Gasteiger partial charge in [-0.3, -0.25) is 4.79 Å². The molecule has 0 spiro atoms. The first-order valence-electron chi connectivity index (χ1n) is 3.60. The van der Waals surface area contributed by atoms with Crippen LogP contribution in [0.2, 0.25) is 0 Å². The standard InChI is InChI=1S/C6H9BN2O2S/c7-6(11)9-4-1-3(2-10)8-5(4)12/h3-4,10H,1-2H2,(H,8,12)(H,9,11)/t3-,4+/m0/s1. The van der Waals surface area contributed by atoms with Crippen LogP contribution in [-0.2, 0) is 0 Å². The van der Waals surface area contributed by atoms with Crippen LogP contribution >= 0.6 is 12.2 Å². The number of aliphatic hydroxyl groups excluding tert-OH is 1. The van der Waals surface area contributed by atoms with Crippen LogP contribution in [0.3, 0.4) is 0 Å². The Morgan fingerprint density at radius 1 is 1.92 bits per heavy atom. The van der Waals surface area contributed by atoms with Gasteiger partial charge in [0.25, 0.3) is 0 Å². The molecular weight excluding hydrogens is 175 g/mol. The Bertz CT molecular complexity index is 212. The maximum absolute atomic E-state index is 10.5. The molecule has 1 heterocycles. The number of rotatable bonds is 2. The summed E-state index contributed by atoms with van der Waals surface area (Å²) in [5.74, 6) is -0.595. The minimum absolute atomic E-state index is 0.0110. The fraction of sp³-hybridized carbons (Fsp3) is 0.667. The minimum Gasteiger partial charge on any atom is -0.394 e. The van der Waals surface area contributed by atoms with Gasteiger partial charge in [0, 0.05) is 0 Å². The monoisotopic (exact) mass is 184 g/mol. The van der Waals surface area contributed by atoms with Crippen molar-refractivity contribution in [1.82, 2.24) is 10.6 Å². The zero-order chi connectivity index (χ0) is 9.14. The smallest absolute Gasteiger partial charge is 0.200 e. The Hall–Kier alpha value is -0.615. The normalized spacial score (nSPS) is 28.2. The molecule has 4 nitrogen and oxygen atoms in total. The number of thiocarbonyl (C=S) groups is 1. The second-order valence-corrected chi connectivity index (χ2v) is 3.12. The number of hydrogen-bond acceptors (Lipinski definition) is 3. The molecule has 1 aliphatic rings. The van der Waals surface area contributed by atoms with Crippen LogP contribution in [-0.4, -0.2) is 42.4 Å². The highest BCUT2D eigenvalue weighted by atomic mass is 32.1. The molecular formula is C6H9BN2O2S. The molecule has 1 fully saturated rings. The van der Waals surface area contributed by atoms with Gasteiger partial charge in [-0.05, 0) is 6.42 Å². The zero-order valence-electron chi connectivity index (χ0n) is 6.41. The van der Waals surface area contributed by atoms with Crippen LogP contribution in [0.15, 0.2) is 0 Å². The molecule has 0 aromatic carbocycles. The number of hydrogen-bond donors (Lipinski definition) is 3. The van der Waals surface area contributed by atoms with E-state index in [-0.39, 0.29) is 18.7 Å². The van der Waals surface area contributed by atoms with E-state index in [2.05, 4.69) is 10.6 Å². The number of nitrogens with one attached hydrogen (secondary N) is 2. The van der Waals surface area contributed by atoms with Crippen LogP contribution in [0.25, 0.3) is 0 Å². The van der Waals surface area contributed by atoms with E-state index in [1.807, 2.05) is 0 Å². The first-order chi connectivity index (χ1) is 5.63. The average Bonchev–Trinajstić information content (AvgIpc) is 2.31. The quantitative estimate of drug-likeness (QED) is 0.377. The molecule has 2 radical (unpaired) electrons. The Labute approximate surface area is 77.1 Å². The van der Waals surface area contributed by atoms with Gasteiger partial charge in [-0.2, -0.15) is 0 Å². The molecule has 0 aromatic heterocycles. The summed E-state index contributed by atoms with van der Waals surface area (Å²) in [6.07, 6.45) is 0.596. The van der Waals surface area contributed by atoms with Crippen molar-refractivity contribution in [2.45, 2.75) is 18.5 Å². The maximum atomic E-state index is 10.5. The van der Waals surface area contributed by atoms with E-state index >= 15 is 0 Å². The molecule has 3 N–H and O–H groups in total. The predicted octanol–water partition coefficient (Wildman–Crippen LogP) is -1.09. The Morgan fingerprint density at radius 3 is 3.00 bits per heavy atom. The number of amides is 1. The predicted molar refractivity (Wildman–Crippen MR) is 49.3 cm³/mol. The van der Waals surface area contributed by atoms with Crippen molar-refractivity contribution in [2.75, 3.05) is 6.61 Å². The number of carbonyl (C=O) groups is 1. The van der Waals surface area contributed by atoms with Crippen molar-refractivity contribution in [2.24, 2.45) is 0 Å². The molecule has 1 saturated heterocycles. The van der Waals surface area contributed by atoms with Gasteiger partial charge < -0.3 is 15.7 Å². The van der Waals surface area contributed by atoms with Gasteiger partial charge in [0.1, 0.15) is 0 Å².